The van der Waals surface area contributed by atoms with Gasteiger partial charge in [-0.05, 0) is 39.5 Å². The molecule has 0 heterocycles. The molecule has 0 N–H and O–H groups in total. The van der Waals surface area contributed by atoms with Gasteiger partial charge in [-0.25, -0.2) is 12.1 Å². The molecular formula is C59H64Cl2PbZr. The summed E-state index contributed by atoms with van der Waals surface area (Å²) >= 11 is 0.488. The van der Waals surface area contributed by atoms with E-state index in [2.05, 4.69) is 217 Å². The van der Waals surface area contributed by atoms with Crippen LogP contribution in [0.4, 0.5) is 0 Å². The summed E-state index contributed by atoms with van der Waals surface area (Å²) in [5.74, 6) is 0. The Labute approximate surface area is 414 Å². The Kier molecular flexibility index (Phi) is 17.7. The standard InChI is InChI=1S/C33H33.C21H26.C5H5.2ClH.Pb.Zr/c1-32(2,3)30-20-26-24(18-28(30)22-13-9-7-10-14-22)17-25-19-29(23-15-11-8-12-16-23)31(21-27(25)26)33(4,5)6;1-20(2,3)18-11-7-16(8-12-18)15-17-9-13-19(14-10-17)21(4,5)6;1-2-4-5-3-1;;;;/h7-16,18,20-21H,17H2,1-6H3;7-14H,1-6H3;1-5H;2*1H;;/q-1;;-1;;;2*+2/p-2. The smallest absolute Gasteiger partial charge is 0.172 e. The SMILES string of the molecule is CC(C)(C)c1cc2c([c-]c1-c1ccccc1)Cc1cc(-c3ccccc3)c(C(C)(C)C)cc1-2.CC(C)(C)c1ccc([C](=[Zr+2])c2ccc(C(C)(C)C)cc2)cc1.[Cl][Pb][Cl].c1cc[cH-]c1. The molecule has 0 bridgehead atoms. The molecule has 0 atom stereocenters. The van der Waals surface area contributed by atoms with E-state index >= 15 is 0 Å². The van der Waals surface area contributed by atoms with Crippen molar-refractivity contribution < 1.29 is 24.2 Å². The van der Waals surface area contributed by atoms with Crippen LogP contribution in [-0.4, -0.2) is 25.0 Å². The second kappa shape index (κ2) is 21.9. The molecule has 0 fully saturated rings. The zero-order chi connectivity index (χ0) is 46.2. The Balaban J connectivity index is 0.000000214. The fourth-order valence-corrected chi connectivity index (χ4v) is 8.68. The van der Waals surface area contributed by atoms with Gasteiger partial charge in [-0.3, -0.25) is 0 Å². The number of rotatable bonds is 4. The molecule has 63 heavy (non-hydrogen) atoms. The van der Waals surface area contributed by atoms with Crippen LogP contribution < -0.4 is 0 Å². The maximum absolute atomic E-state index is 4.96. The topological polar surface area (TPSA) is 0 Å². The number of fused-ring (bicyclic) bond motifs is 3. The van der Waals surface area contributed by atoms with E-state index in [1.165, 1.54) is 105 Å². The Morgan fingerprint density at radius 3 is 1.33 bits per heavy atom. The normalized spacial score (nSPS) is 12.1. The molecule has 0 aliphatic heterocycles. The van der Waals surface area contributed by atoms with E-state index in [4.69, 9.17) is 16.6 Å². The summed E-state index contributed by atoms with van der Waals surface area (Å²) in [7, 11) is 9.92. The minimum absolute atomic E-state index is 0.0380. The molecule has 0 saturated heterocycles. The van der Waals surface area contributed by atoms with Crippen molar-refractivity contribution in [2.45, 2.75) is 111 Å². The largest absolute Gasteiger partial charge is 0.214 e. The molecular weight excluding hydrogens is 1080 g/mol. The number of hydrogen-bond acceptors (Lipinski definition) is 0. The van der Waals surface area contributed by atoms with Crippen molar-refractivity contribution in [3.05, 3.63) is 208 Å². The van der Waals surface area contributed by atoms with Gasteiger partial charge in [0.1, 0.15) is 0 Å². The second-order valence-electron chi connectivity index (χ2n) is 20.5. The van der Waals surface area contributed by atoms with E-state index in [-0.39, 0.29) is 21.7 Å². The van der Waals surface area contributed by atoms with Crippen LogP contribution in [0.5, 0.6) is 0 Å². The van der Waals surface area contributed by atoms with Crippen molar-refractivity contribution in [2.75, 3.05) is 0 Å². The van der Waals surface area contributed by atoms with Gasteiger partial charge < -0.3 is 0 Å². The predicted octanol–water partition coefficient (Wildman–Crippen LogP) is 16.8. The molecule has 7 aromatic rings. The van der Waals surface area contributed by atoms with Gasteiger partial charge in [0.05, 0.1) is 0 Å². The summed E-state index contributed by atoms with van der Waals surface area (Å²) in [6, 6.07) is 61.0. The molecule has 4 heteroatoms. The Hall–Kier alpha value is -3.07. The monoisotopic (exact) mass is 1140 g/mol. The van der Waals surface area contributed by atoms with E-state index < -0.39 is 21.8 Å². The molecule has 8 rings (SSSR count). The third kappa shape index (κ3) is 13.7. The van der Waals surface area contributed by atoms with Gasteiger partial charge >= 0.3 is 189 Å². The molecule has 1 aliphatic rings. The summed E-state index contributed by atoms with van der Waals surface area (Å²) in [6.45, 7) is 27.4. The molecule has 0 saturated carbocycles. The molecule has 0 spiro atoms. The number of benzene rings is 6. The van der Waals surface area contributed by atoms with E-state index in [1.807, 2.05) is 30.3 Å². The summed E-state index contributed by atoms with van der Waals surface area (Å²) in [6.07, 6.45) is 0.944. The van der Waals surface area contributed by atoms with E-state index in [1.54, 1.807) is 0 Å². The number of hydrogen-bond donors (Lipinski definition) is 0. The van der Waals surface area contributed by atoms with E-state index in [0.29, 0.717) is 0 Å². The third-order valence-corrected chi connectivity index (χ3v) is 12.9. The van der Waals surface area contributed by atoms with E-state index in [9.17, 15) is 0 Å². The fraction of sp³-hybridized carbons (Fsp3) is 0.288. The van der Waals surface area contributed by atoms with Crippen LogP contribution in [0, 0.1) is 6.07 Å². The minimum Gasteiger partial charge on any atom is -0.214 e. The zero-order valence-electron chi connectivity index (χ0n) is 39.5. The van der Waals surface area contributed by atoms with Crippen molar-refractivity contribution in [3.8, 4) is 33.4 Å². The van der Waals surface area contributed by atoms with Crippen LogP contribution in [-0.2, 0) is 52.3 Å². The number of halogens is 2. The van der Waals surface area contributed by atoms with Crippen molar-refractivity contribution in [2.24, 2.45) is 0 Å². The van der Waals surface area contributed by atoms with E-state index in [0.717, 1.165) is 6.42 Å². The molecule has 0 amide bonds. The fourth-order valence-electron chi connectivity index (χ4n) is 7.86. The first kappa shape index (κ1) is 50.9. The van der Waals surface area contributed by atoms with Crippen LogP contribution in [0.1, 0.15) is 128 Å². The maximum atomic E-state index is 4.96. The first-order chi connectivity index (χ1) is 29.6. The Bertz CT molecular complexity index is 2340. The first-order valence-corrected chi connectivity index (χ1v) is 32.7. The van der Waals surface area contributed by atoms with Gasteiger partial charge in [0.15, 0.2) is 0 Å². The van der Waals surface area contributed by atoms with Crippen molar-refractivity contribution in [3.63, 3.8) is 0 Å². The zero-order valence-corrected chi connectivity index (χ0v) is 47.3. The van der Waals surface area contributed by atoms with Crippen molar-refractivity contribution in [1.29, 1.82) is 0 Å². The predicted molar refractivity (Wildman–Crippen MR) is 275 cm³/mol. The van der Waals surface area contributed by atoms with Crippen molar-refractivity contribution in [1.82, 2.24) is 0 Å². The average molecular weight is 1140 g/mol. The molecule has 0 aromatic heterocycles. The Morgan fingerprint density at radius 2 is 0.937 bits per heavy atom. The van der Waals surface area contributed by atoms with Gasteiger partial charge in [0.25, 0.3) is 0 Å². The summed E-state index contributed by atoms with van der Waals surface area (Å²) in [5, 5.41) is 0. The summed E-state index contributed by atoms with van der Waals surface area (Å²) < 4.78 is 1.42. The molecule has 7 aromatic carbocycles. The van der Waals surface area contributed by atoms with Gasteiger partial charge in [0, 0.05) is 0 Å². The van der Waals surface area contributed by atoms with Gasteiger partial charge in [-0.2, -0.15) is 18.2 Å². The summed E-state index contributed by atoms with van der Waals surface area (Å²) in [5.41, 5.74) is 19.4. The van der Waals surface area contributed by atoms with Crippen LogP contribution in [0.25, 0.3) is 33.4 Å². The molecule has 0 nitrogen and oxygen atoms in total. The van der Waals surface area contributed by atoms with Gasteiger partial charge in [-0.1, -0.05) is 131 Å². The average Bonchev–Trinajstić information content (AvgIpc) is 3.95. The van der Waals surface area contributed by atoms with Crippen LogP contribution in [0.2, 0.25) is 0 Å². The van der Waals surface area contributed by atoms with Crippen LogP contribution in [0.3, 0.4) is 0 Å². The second-order valence-corrected chi connectivity index (χ2v) is 27.3. The van der Waals surface area contributed by atoms with Gasteiger partial charge in [0.2, 0.25) is 0 Å². The Morgan fingerprint density at radius 1 is 0.508 bits per heavy atom. The summed E-state index contributed by atoms with van der Waals surface area (Å²) in [4.78, 5) is 0. The molecule has 322 valence electrons. The molecule has 0 unspecified atom stereocenters. The van der Waals surface area contributed by atoms with Crippen LogP contribution >= 0.6 is 16.6 Å². The minimum atomic E-state index is -0.972. The van der Waals surface area contributed by atoms with Crippen LogP contribution in [0.15, 0.2) is 158 Å². The van der Waals surface area contributed by atoms with Crippen molar-refractivity contribution >= 4 is 41.6 Å². The van der Waals surface area contributed by atoms with Gasteiger partial charge in [-0.15, -0.1) is 28.8 Å². The molecule has 2 radical (unpaired) electrons. The first-order valence-electron chi connectivity index (χ1n) is 21.9. The third-order valence-electron chi connectivity index (χ3n) is 11.5. The molecule has 1 aliphatic carbocycles. The quantitative estimate of drug-likeness (QED) is 0.122. The maximum Gasteiger partial charge on any atom is -0.172 e.